The minimum Gasteiger partial charge on any atom is -0.314 e. The van der Waals surface area contributed by atoms with Gasteiger partial charge in [0.2, 0.25) is 0 Å². The molecule has 15 heavy (non-hydrogen) atoms. The molecule has 0 atom stereocenters. The first-order valence-corrected chi connectivity index (χ1v) is 5.36. The van der Waals surface area contributed by atoms with Crippen molar-refractivity contribution in [3.63, 3.8) is 0 Å². The van der Waals surface area contributed by atoms with Gasteiger partial charge in [0.25, 0.3) is 0 Å². The summed E-state index contributed by atoms with van der Waals surface area (Å²) in [4.78, 5) is 2.58. The Kier molecular flexibility index (Phi) is 3.01. The van der Waals surface area contributed by atoms with Gasteiger partial charge in [-0.15, -0.1) is 12.4 Å². The van der Waals surface area contributed by atoms with Gasteiger partial charge in [-0.2, -0.15) is 0 Å². The fourth-order valence-corrected chi connectivity index (χ4v) is 2.34. The predicted molar refractivity (Wildman–Crippen MR) is 64.3 cm³/mol. The quantitative estimate of drug-likeness (QED) is 0.782. The number of aryl methyl sites for hydroxylation is 1. The fourth-order valence-electron chi connectivity index (χ4n) is 2.34. The van der Waals surface area contributed by atoms with E-state index in [0.29, 0.717) is 0 Å². The Morgan fingerprint density at radius 2 is 1.93 bits per heavy atom. The van der Waals surface area contributed by atoms with Crippen LogP contribution in [0.15, 0.2) is 18.2 Å². The molecule has 0 spiro atoms. The van der Waals surface area contributed by atoms with E-state index in [1.54, 1.807) is 0 Å². The van der Waals surface area contributed by atoms with Gasteiger partial charge in [-0.3, -0.25) is 4.90 Å². The van der Waals surface area contributed by atoms with Crippen LogP contribution in [-0.2, 0) is 13.1 Å². The molecule has 2 aliphatic heterocycles. The summed E-state index contributed by atoms with van der Waals surface area (Å²) in [5, 5.41) is 3.33. The largest absolute Gasteiger partial charge is 0.314 e. The van der Waals surface area contributed by atoms with Crippen LogP contribution in [0.2, 0.25) is 0 Å². The molecule has 1 aromatic rings. The molecule has 2 heterocycles. The zero-order valence-corrected chi connectivity index (χ0v) is 9.81. The van der Waals surface area contributed by atoms with Crippen molar-refractivity contribution in [3.05, 3.63) is 34.9 Å². The van der Waals surface area contributed by atoms with Crippen LogP contribution < -0.4 is 5.32 Å². The second-order valence-corrected chi connectivity index (χ2v) is 4.49. The number of fused-ring (bicyclic) bond motifs is 1. The van der Waals surface area contributed by atoms with E-state index in [-0.39, 0.29) is 12.4 Å². The highest BCUT2D eigenvalue weighted by Crippen LogP contribution is 2.26. The average molecular weight is 225 g/mol. The molecule has 1 aromatic carbocycles. The summed E-state index contributed by atoms with van der Waals surface area (Å²) < 4.78 is 0. The number of hydrogen-bond acceptors (Lipinski definition) is 2. The predicted octanol–water partition coefficient (Wildman–Crippen LogP) is 1.70. The van der Waals surface area contributed by atoms with Gasteiger partial charge >= 0.3 is 0 Å². The summed E-state index contributed by atoms with van der Waals surface area (Å²) in [7, 11) is 0. The van der Waals surface area contributed by atoms with E-state index in [1.165, 1.54) is 29.8 Å². The first-order chi connectivity index (χ1) is 6.83. The molecule has 0 amide bonds. The van der Waals surface area contributed by atoms with Crippen molar-refractivity contribution < 1.29 is 0 Å². The maximum absolute atomic E-state index is 3.33. The third kappa shape index (κ3) is 1.89. The maximum atomic E-state index is 3.33. The Hall–Kier alpha value is -0.570. The van der Waals surface area contributed by atoms with E-state index in [0.717, 1.165) is 19.1 Å². The summed E-state index contributed by atoms with van der Waals surface area (Å²) in [6.07, 6.45) is 0. The molecular formula is C12H17ClN2. The highest BCUT2D eigenvalue weighted by molar-refractivity contribution is 5.85. The van der Waals surface area contributed by atoms with E-state index < -0.39 is 0 Å². The zero-order chi connectivity index (χ0) is 9.54. The standard InChI is InChI=1S/C12H16N2.ClH/c1-9-2-3-10-7-14(8-11(10)4-9)12-5-13-6-12;/h2-4,12-13H,5-8H2,1H3;1H. The molecule has 0 saturated carbocycles. The highest BCUT2D eigenvalue weighted by atomic mass is 35.5. The van der Waals surface area contributed by atoms with Crippen molar-refractivity contribution in [3.8, 4) is 0 Å². The minimum atomic E-state index is 0. The van der Waals surface area contributed by atoms with Gasteiger partial charge in [-0.1, -0.05) is 23.8 Å². The van der Waals surface area contributed by atoms with E-state index in [2.05, 4.69) is 35.3 Å². The van der Waals surface area contributed by atoms with Gasteiger partial charge in [-0.25, -0.2) is 0 Å². The first-order valence-electron chi connectivity index (χ1n) is 5.36. The van der Waals surface area contributed by atoms with Gasteiger partial charge in [0.05, 0.1) is 0 Å². The van der Waals surface area contributed by atoms with E-state index >= 15 is 0 Å². The van der Waals surface area contributed by atoms with Gasteiger partial charge < -0.3 is 5.32 Å². The Bertz CT molecular complexity index is 361. The molecule has 82 valence electrons. The van der Waals surface area contributed by atoms with Crippen LogP contribution in [0.25, 0.3) is 0 Å². The van der Waals surface area contributed by atoms with E-state index in [4.69, 9.17) is 0 Å². The molecule has 0 aromatic heterocycles. The average Bonchev–Trinajstić information content (AvgIpc) is 2.43. The van der Waals surface area contributed by atoms with Crippen LogP contribution >= 0.6 is 12.4 Å². The fraction of sp³-hybridized carbons (Fsp3) is 0.500. The number of nitrogens with zero attached hydrogens (tertiary/aromatic N) is 1. The molecule has 0 bridgehead atoms. The van der Waals surface area contributed by atoms with Crippen LogP contribution in [0.3, 0.4) is 0 Å². The molecular weight excluding hydrogens is 208 g/mol. The monoisotopic (exact) mass is 224 g/mol. The van der Waals surface area contributed by atoms with E-state index in [1.807, 2.05) is 0 Å². The number of halogens is 1. The topological polar surface area (TPSA) is 15.3 Å². The Labute approximate surface area is 97.1 Å². The summed E-state index contributed by atoms with van der Waals surface area (Å²) in [6, 6.07) is 7.63. The second kappa shape index (κ2) is 4.12. The number of hydrogen-bond donors (Lipinski definition) is 1. The summed E-state index contributed by atoms with van der Waals surface area (Å²) in [5.41, 5.74) is 4.46. The number of benzene rings is 1. The Morgan fingerprint density at radius 3 is 2.60 bits per heavy atom. The van der Waals surface area contributed by atoms with Gasteiger partial charge in [0, 0.05) is 32.2 Å². The number of nitrogens with one attached hydrogen (secondary N) is 1. The summed E-state index contributed by atoms with van der Waals surface area (Å²) >= 11 is 0. The third-order valence-electron chi connectivity index (χ3n) is 3.38. The van der Waals surface area contributed by atoms with Crippen LogP contribution in [0.1, 0.15) is 16.7 Å². The van der Waals surface area contributed by atoms with Crippen molar-refractivity contribution in [2.75, 3.05) is 13.1 Å². The van der Waals surface area contributed by atoms with Gasteiger partial charge in [0.15, 0.2) is 0 Å². The van der Waals surface area contributed by atoms with Gasteiger partial charge in [-0.05, 0) is 18.1 Å². The van der Waals surface area contributed by atoms with Crippen LogP contribution in [0.5, 0.6) is 0 Å². The minimum absolute atomic E-state index is 0. The smallest absolute Gasteiger partial charge is 0.0352 e. The van der Waals surface area contributed by atoms with Crippen LogP contribution in [0, 0.1) is 6.92 Å². The molecule has 3 heteroatoms. The Balaban J connectivity index is 0.000000853. The Morgan fingerprint density at radius 1 is 1.20 bits per heavy atom. The molecule has 1 fully saturated rings. The molecule has 2 nitrogen and oxygen atoms in total. The molecule has 0 unspecified atom stereocenters. The first kappa shape index (κ1) is 10.9. The molecule has 1 saturated heterocycles. The lowest BCUT2D eigenvalue weighted by Crippen LogP contribution is -2.55. The van der Waals surface area contributed by atoms with Crippen molar-refractivity contribution >= 4 is 12.4 Å². The SMILES string of the molecule is Cc1ccc2c(c1)CN(C1CNC1)C2.Cl. The van der Waals surface area contributed by atoms with E-state index in [9.17, 15) is 0 Å². The lowest BCUT2D eigenvalue weighted by Gasteiger charge is -2.35. The second-order valence-electron chi connectivity index (χ2n) is 4.49. The summed E-state index contributed by atoms with van der Waals surface area (Å²) in [6.45, 7) is 6.83. The zero-order valence-electron chi connectivity index (χ0n) is 8.99. The molecule has 3 rings (SSSR count). The van der Waals surface area contributed by atoms with Crippen LogP contribution in [-0.4, -0.2) is 24.0 Å². The van der Waals surface area contributed by atoms with Crippen molar-refractivity contribution in [2.24, 2.45) is 0 Å². The lowest BCUT2D eigenvalue weighted by atomic mass is 10.1. The summed E-state index contributed by atoms with van der Waals surface area (Å²) in [5.74, 6) is 0. The molecule has 0 radical (unpaired) electrons. The lowest BCUT2D eigenvalue weighted by molar-refractivity contribution is 0.145. The van der Waals surface area contributed by atoms with Gasteiger partial charge in [0.1, 0.15) is 0 Å². The molecule has 2 aliphatic rings. The molecule has 1 N–H and O–H groups in total. The molecule has 0 aliphatic carbocycles. The third-order valence-corrected chi connectivity index (χ3v) is 3.38. The number of rotatable bonds is 1. The highest BCUT2D eigenvalue weighted by Gasteiger charge is 2.29. The van der Waals surface area contributed by atoms with Crippen molar-refractivity contribution in [2.45, 2.75) is 26.1 Å². The van der Waals surface area contributed by atoms with Crippen molar-refractivity contribution in [1.82, 2.24) is 10.2 Å². The van der Waals surface area contributed by atoms with Crippen LogP contribution in [0.4, 0.5) is 0 Å². The maximum Gasteiger partial charge on any atom is 0.0352 e. The normalized spacial score (nSPS) is 20.6. The van der Waals surface area contributed by atoms with Crippen molar-refractivity contribution in [1.29, 1.82) is 0 Å².